The first-order chi connectivity index (χ1) is 11.3. The average Bonchev–Trinajstić information content (AvgIpc) is 3.16. The summed E-state index contributed by atoms with van der Waals surface area (Å²) < 4.78 is 22.9. The number of anilines is 1. The Bertz CT molecular complexity index is 736. The summed E-state index contributed by atoms with van der Waals surface area (Å²) in [5.41, 5.74) is 0.541. The van der Waals surface area contributed by atoms with E-state index in [1.165, 1.54) is 12.1 Å². The monoisotopic (exact) mass is 350 g/mol. The van der Waals surface area contributed by atoms with Crippen molar-refractivity contribution in [2.45, 2.75) is 43.0 Å². The van der Waals surface area contributed by atoms with Crippen LogP contribution in [-0.2, 0) is 19.4 Å². The smallest absolute Gasteiger partial charge is 0.229 e. The van der Waals surface area contributed by atoms with E-state index in [-0.39, 0.29) is 29.0 Å². The molecule has 130 valence electrons. The second kappa shape index (κ2) is 6.55. The Hall–Kier alpha value is -1.89. The first kappa shape index (κ1) is 17.0. The van der Waals surface area contributed by atoms with Crippen LogP contribution in [0.15, 0.2) is 29.2 Å². The van der Waals surface area contributed by atoms with Gasteiger partial charge in [0.2, 0.25) is 11.8 Å². The number of sulfone groups is 1. The molecule has 0 aromatic heterocycles. The molecule has 1 heterocycles. The van der Waals surface area contributed by atoms with Gasteiger partial charge in [-0.1, -0.05) is 12.8 Å². The summed E-state index contributed by atoms with van der Waals surface area (Å²) in [5.74, 6) is -0.460. The van der Waals surface area contributed by atoms with Gasteiger partial charge in [0.05, 0.1) is 10.8 Å². The molecule has 1 unspecified atom stereocenters. The van der Waals surface area contributed by atoms with E-state index < -0.39 is 9.84 Å². The van der Waals surface area contributed by atoms with Gasteiger partial charge in [0.15, 0.2) is 9.84 Å². The lowest BCUT2D eigenvalue weighted by molar-refractivity contribution is -0.129. The van der Waals surface area contributed by atoms with Crippen LogP contribution in [0.1, 0.15) is 32.1 Å². The zero-order valence-corrected chi connectivity index (χ0v) is 14.5. The van der Waals surface area contributed by atoms with Crippen LogP contribution in [0.3, 0.4) is 0 Å². The van der Waals surface area contributed by atoms with Crippen LogP contribution in [0, 0.1) is 5.92 Å². The van der Waals surface area contributed by atoms with Crippen molar-refractivity contribution in [3.8, 4) is 0 Å². The lowest BCUT2D eigenvalue weighted by Gasteiger charge is -2.23. The Balaban J connectivity index is 1.62. The van der Waals surface area contributed by atoms with Crippen LogP contribution in [0.4, 0.5) is 5.69 Å². The molecule has 0 radical (unpaired) electrons. The van der Waals surface area contributed by atoms with Crippen molar-refractivity contribution in [3.63, 3.8) is 0 Å². The van der Waals surface area contributed by atoms with Crippen molar-refractivity contribution < 1.29 is 18.0 Å². The molecule has 2 fully saturated rings. The molecule has 2 aliphatic rings. The third-order valence-corrected chi connectivity index (χ3v) is 5.97. The van der Waals surface area contributed by atoms with Crippen LogP contribution < -0.4 is 5.32 Å². The minimum Gasteiger partial charge on any atom is -0.339 e. The first-order valence-electron chi connectivity index (χ1n) is 8.25. The lowest BCUT2D eigenvalue weighted by Crippen LogP contribution is -2.35. The van der Waals surface area contributed by atoms with Crippen LogP contribution in [0.25, 0.3) is 0 Å². The SMILES string of the molecule is CS(=O)(=O)c1ccc(NC(=O)C2CC(=O)N(C3CCCC3)C2)cc1. The molecule has 0 spiro atoms. The predicted molar refractivity (Wildman–Crippen MR) is 90.3 cm³/mol. The molecular formula is C17H22N2O4S. The van der Waals surface area contributed by atoms with Gasteiger partial charge in [0.25, 0.3) is 0 Å². The normalized spacial score (nSPS) is 22.1. The fourth-order valence-corrected chi connectivity index (χ4v) is 4.14. The highest BCUT2D eigenvalue weighted by Gasteiger charge is 2.38. The van der Waals surface area contributed by atoms with E-state index in [2.05, 4.69) is 5.32 Å². The fraction of sp³-hybridized carbons (Fsp3) is 0.529. The number of amides is 2. The molecule has 1 N–H and O–H groups in total. The van der Waals surface area contributed by atoms with Gasteiger partial charge in [-0.15, -0.1) is 0 Å². The highest BCUT2D eigenvalue weighted by atomic mass is 32.2. The second-order valence-corrected chi connectivity index (χ2v) is 8.69. The number of benzene rings is 1. The van der Waals surface area contributed by atoms with Crippen LogP contribution >= 0.6 is 0 Å². The number of hydrogen-bond donors (Lipinski definition) is 1. The largest absolute Gasteiger partial charge is 0.339 e. The first-order valence-corrected chi connectivity index (χ1v) is 10.1. The van der Waals surface area contributed by atoms with Crippen molar-refractivity contribution in [2.75, 3.05) is 18.1 Å². The maximum absolute atomic E-state index is 12.4. The number of hydrogen-bond acceptors (Lipinski definition) is 4. The van der Waals surface area contributed by atoms with Gasteiger partial charge in [-0.05, 0) is 37.1 Å². The van der Waals surface area contributed by atoms with E-state index in [0.29, 0.717) is 18.3 Å². The standard InChI is InChI=1S/C17H22N2O4S/c1-24(22,23)15-8-6-13(7-9-15)18-17(21)12-10-16(20)19(11-12)14-4-2-3-5-14/h6-9,12,14H,2-5,10-11H2,1H3,(H,18,21). The van der Waals surface area contributed by atoms with Gasteiger partial charge in [-0.3, -0.25) is 9.59 Å². The number of carbonyl (C=O) groups is 2. The quantitative estimate of drug-likeness (QED) is 0.898. The summed E-state index contributed by atoms with van der Waals surface area (Å²) in [6.07, 6.45) is 5.77. The Morgan fingerprint density at radius 2 is 1.79 bits per heavy atom. The Morgan fingerprint density at radius 1 is 1.17 bits per heavy atom. The van der Waals surface area contributed by atoms with E-state index in [0.717, 1.165) is 31.9 Å². The van der Waals surface area contributed by atoms with Gasteiger partial charge < -0.3 is 10.2 Å². The van der Waals surface area contributed by atoms with Crippen LogP contribution in [-0.4, -0.2) is 44.0 Å². The van der Waals surface area contributed by atoms with E-state index in [1.54, 1.807) is 12.1 Å². The minimum absolute atomic E-state index is 0.0643. The molecule has 3 rings (SSSR count). The molecule has 1 aromatic rings. The summed E-state index contributed by atoms with van der Waals surface area (Å²) in [4.78, 5) is 26.6. The van der Waals surface area contributed by atoms with Gasteiger partial charge in [0, 0.05) is 31.0 Å². The van der Waals surface area contributed by atoms with Gasteiger partial charge in [-0.2, -0.15) is 0 Å². The fourth-order valence-electron chi connectivity index (χ4n) is 3.51. The van der Waals surface area contributed by atoms with E-state index >= 15 is 0 Å². The summed E-state index contributed by atoms with van der Waals surface area (Å²) in [5, 5.41) is 2.78. The van der Waals surface area contributed by atoms with Crippen molar-refractivity contribution in [1.29, 1.82) is 0 Å². The maximum atomic E-state index is 12.4. The van der Waals surface area contributed by atoms with Crippen LogP contribution in [0.5, 0.6) is 0 Å². The molecule has 2 amide bonds. The van der Waals surface area contributed by atoms with Gasteiger partial charge in [0.1, 0.15) is 0 Å². The van der Waals surface area contributed by atoms with Crippen molar-refractivity contribution >= 4 is 27.3 Å². The maximum Gasteiger partial charge on any atom is 0.229 e. The second-order valence-electron chi connectivity index (χ2n) is 6.67. The molecule has 1 saturated heterocycles. The van der Waals surface area contributed by atoms with E-state index in [1.807, 2.05) is 4.90 Å². The Labute approximate surface area is 142 Å². The summed E-state index contributed by atoms with van der Waals surface area (Å²) in [6, 6.07) is 6.37. The molecule has 24 heavy (non-hydrogen) atoms. The molecule has 6 nitrogen and oxygen atoms in total. The highest BCUT2D eigenvalue weighted by molar-refractivity contribution is 7.90. The lowest BCUT2D eigenvalue weighted by atomic mass is 10.1. The number of nitrogens with zero attached hydrogens (tertiary/aromatic N) is 1. The summed E-state index contributed by atoms with van der Waals surface area (Å²) >= 11 is 0. The molecule has 1 saturated carbocycles. The molecule has 0 bridgehead atoms. The predicted octanol–water partition coefficient (Wildman–Crippen LogP) is 1.82. The zero-order chi connectivity index (χ0) is 17.3. The molecular weight excluding hydrogens is 328 g/mol. The topological polar surface area (TPSA) is 83.5 Å². The number of carbonyl (C=O) groups excluding carboxylic acids is 2. The third kappa shape index (κ3) is 3.61. The molecule has 1 aliphatic carbocycles. The Kier molecular flexibility index (Phi) is 4.62. The van der Waals surface area contributed by atoms with E-state index in [4.69, 9.17) is 0 Å². The van der Waals surface area contributed by atoms with Crippen molar-refractivity contribution in [1.82, 2.24) is 4.90 Å². The zero-order valence-electron chi connectivity index (χ0n) is 13.7. The molecule has 1 aromatic carbocycles. The average molecular weight is 350 g/mol. The molecule has 1 atom stereocenters. The molecule has 1 aliphatic heterocycles. The number of rotatable bonds is 4. The summed E-state index contributed by atoms with van der Waals surface area (Å²) in [7, 11) is -3.25. The summed E-state index contributed by atoms with van der Waals surface area (Å²) in [6.45, 7) is 0.483. The van der Waals surface area contributed by atoms with E-state index in [9.17, 15) is 18.0 Å². The molecule has 7 heteroatoms. The number of nitrogens with one attached hydrogen (secondary N) is 1. The van der Waals surface area contributed by atoms with Crippen LogP contribution in [0.2, 0.25) is 0 Å². The Morgan fingerprint density at radius 3 is 2.38 bits per heavy atom. The van der Waals surface area contributed by atoms with Gasteiger partial charge in [-0.25, -0.2) is 8.42 Å². The van der Waals surface area contributed by atoms with Crippen molar-refractivity contribution in [2.24, 2.45) is 5.92 Å². The number of likely N-dealkylation sites (tertiary alicyclic amines) is 1. The highest BCUT2D eigenvalue weighted by Crippen LogP contribution is 2.30. The van der Waals surface area contributed by atoms with Gasteiger partial charge >= 0.3 is 0 Å². The third-order valence-electron chi connectivity index (χ3n) is 4.84. The minimum atomic E-state index is -3.25. The van der Waals surface area contributed by atoms with Crippen molar-refractivity contribution in [3.05, 3.63) is 24.3 Å².